The summed E-state index contributed by atoms with van der Waals surface area (Å²) >= 11 is 5.12. The molecular weight excluding hydrogens is 300 g/mol. The van der Waals surface area contributed by atoms with Gasteiger partial charge in [0.2, 0.25) is 0 Å². The van der Waals surface area contributed by atoms with E-state index in [0.29, 0.717) is 5.82 Å². The average molecular weight is 313 g/mol. The number of hydrogen-bond acceptors (Lipinski definition) is 4. The van der Waals surface area contributed by atoms with E-state index in [1.807, 2.05) is 35.3 Å². The van der Waals surface area contributed by atoms with Gasteiger partial charge in [-0.2, -0.15) is 5.10 Å². The van der Waals surface area contributed by atoms with Crippen LogP contribution in [0, 0.1) is 0 Å². The Morgan fingerprint density at radius 3 is 2.88 bits per heavy atom. The third-order valence-corrected chi connectivity index (χ3v) is 3.64. The molecule has 0 aliphatic carbocycles. The molecule has 2 heterocycles. The number of aromatic nitrogens is 3. The number of nitrogens with zero attached hydrogens (tertiary/aromatic N) is 3. The number of hydrogen-bond donors (Lipinski definition) is 1. The van der Waals surface area contributed by atoms with Gasteiger partial charge in [0.25, 0.3) is 0 Å². The summed E-state index contributed by atoms with van der Waals surface area (Å²) in [5, 5.41) is 5.18. The van der Waals surface area contributed by atoms with Crippen molar-refractivity contribution in [2.75, 3.05) is 11.5 Å². The Morgan fingerprint density at radius 2 is 2.24 bits per heavy atom. The summed E-state index contributed by atoms with van der Waals surface area (Å²) in [5.41, 5.74) is 5.54. The second-order valence-corrected chi connectivity index (χ2v) is 5.55. The molecule has 0 amide bonds. The zero-order valence-electron chi connectivity index (χ0n) is 9.21. The van der Waals surface area contributed by atoms with Crippen molar-refractivity contribution in [3.8, 4) is 0 Å². The van der Waals surface area contributed by atoms with E-state index in [0.717, 1.165) is 28.2 Å². The van der Waals surface area contributed by atoms with Crippen LogP contribution in [0.3, 0.4) is 0 Å². The Hall–Kier alpha value is -1.01. The van der Waals surface area contributed by atoms with Crippen molar-refractivity contribution in [1.29, 1.82) is 0 Å². The van der Waals surface area contributed by atoms with E-state index in [2.05, 4.69) is 26.0 Å². The third-order valence-electron chi connectivity index (χ3n) is 2.14. The number of aryl methyl sites for hydroxylation is 1. The minimum atomic E-state index is 0.576. The summed E-state index contributed by atoms with van der Waals surface area (Å²) in [6.07, 6.45) is 4.76. The first-order chi connectivity index (χ1) is 8.24. The lowest BCUT2D eigenvalue weighted by Gasteiger charge is -2.02. The molecule has 0 aromatic carbocycles. The van der Waals surface area contributed by atoms with Crippen molar-refractivity contribution in [1.82, 2.24) is 14.8 Å². The number of pyridine rings is 1. The average Bonchev–Trinajstić information content (AvgIpc) is 2.73. The molecule has 6 heteroatoms. The molecule has 4 nitrogen and oxygen atoms in total. The topological polar surface area (TPSA) is 56.7 Å². The minimum absolute atomic E-state index is 0.576. The molecule has 17 heavy (non-hydrogen) atoms. The predicted molar refractivity (Wildman–Crippen MR) is 73.9 cm³/mol. The zero-order chi connectivity index (χ0) is 12.1. The minimum Gasteiger partial charge on any atom is -0.382 e. The van der Waals surface area contributed by atoms with Crippen molar-refractivity contribution in [2.45, 2.75) is 18.0 Å². The number of anilines is 1. The fraction of sp³-hybridized carbons (Fsp3) is 0.273. The Labute approximate surface area is 113 Å². The molecule has 0 atom stereocenters. The highest BCUT2D eigenvalue weighted by molar-refractivity contribution is 9.10. The van der Waals surface area contributed by atoms with Crippen LogP contribution < -0.4 is 5.73 Å². The van der Waals surface area contributed by atoms with Crippen LogP contribution in [0.4, 0.5) is 5.82 Å². The third kappa shape index (κ3) is 4.05. The fourth-order valence-corrected chi connectivity index (χ4v) is 2.36. The Bertz CT molecular complexity index is 469. The van der Waals surface area contributed by atoms with Gasteiger partial charge < -0.3 is 5.73 Å². The van der Waals surface area contributed by atoms with Crippen LogP contribution in [-0.2, 0) is 6.54 Å². The Morgan fingerprint density at radius 1 is 1.35 bits per heavy atom. The molecule has 2 rings (SSSR count). The van der Waals surface area contributed by atoms with Gasteiger partial charge in [0.15, 0.2) is 0 Å². The molecule has 0 unspecified atom stereocenters. The van der Waals surface area contributed by atoms with Gasteiger partial charge in [0.05, 0.1) is 5.03 Å². The Kier molecular flexibility index (Phi) is 4.44. The van der Waals surface area contributed by atoms with E-state index in [1.165, 1.54) is 0 Å². The quantitative estimate of drug-likeness (QED) is 0.681. The van der Waals surface area contributed by atoms with Crippen molar-refractivity contribution < 1.29 is 0 Å². The second-order valence-electron chi connectivity index (χ2n) is 3.52. The van der Waals surface area contributed by atoms with E-state index in [1.54, 1.807) is 11.8 Å². The highest BCUT2D eigenvalue weighted by atomic mass is 79.9. The number of nitrogens with two attached hydrogens (primary N) is 1. The normalized spacial score (nSPS) is 10.6. The SMILES string of the molecule is Nc1ccn(CCCSc2ccc(Br)cn2)n1. The highest BCUT2D eigenvalue weighted by Gasteiger charge is 1.97. The van der Waals surface area contributed by atoms with E-state index >= 15 is 0 Å². The first-order valence-corrected chi connectivity index (χ1v) is 7.05. The highest BCUT2D eigenvalue weighted by Crippen LogP contribution is 2.18. The van der Waals surface area contributed by atoms with E-state index in [9.17, 15) is 0 Å². The number of halogens is 1. The van der Waals surface area contributed by atoms with Crippen LogP contribution >= 0.6 is 27.7 Å². The maximum Gasteiger partial charge on any atom is 0.145 e. The maximum atomic E-state index is 5.54. The maximum absolute atomic E-state index is 5.54. The first-order valence-electron chi connectivity index (χ1n) is 5.27. The van der Waals surface area contributed by atoms with Gasteiger partial charge in [-0.25, -0.2) is 4.98 Å². The number of thioether (sulfide) groups is 1. The van der Waals surface area contributed by atoms with Crippen LogP contribution in [0.2, 0.25) is 0 Å². The molecule has 0 aliphatic rings. The van der Waals surface area contributed by atoms with Crippen LogP contribution in [0.15, 0.2) is 40.1 Å². The van der Waals surface area contributed by atoms with Gasteiger partial charge in [0.1, 0.15) is 5.82 Å². The van der Waals surface area contributed by atoms with Crippen LogP contribution in [0.1, 0.15) is 6.42 Å². The van der Waals surface area contributed by atoms with Gasteiger partial charge in [0, 0.05) is 29.2 Å². The smallest absolute Gasteiger partial charge is 0.145 e. The standard InChI is InChI=1S/C11H13BrN4S/c12-9-2-3-11(14-8-9)17-7-1-5-16-6-4-10(13)15-16/h2-4,6,8H,1,5,7H2,(H2,13,15). The molecule has 0 fully saturated rings. The lowest BCUT2D eigenvalue weighted by Crippen LogP contribution is -2.00. The fourth-order valence-electron chi connectivity index (χ4n) is 1.35. The molecule has 0 spiro atoms. The largest absolute Gasteiger partial charge is 0.382 e. The van der Waals surface area contributed by atoms with Gasteiger partial charge in [-0.3, -0.25) is 4.68 Å². The number of rotatable bonds is 5. The van der Waals surface area contributed by atoms with Crippen molar-refractivity contribution in [2.24, 2.45) is 0 Å². The molecule has 90 valence electrons. The summed E-state index contributed by atoms with van der Waals surface area (Å²) < 4.78 is 2.87. The summed E-state index contributed by atoms with van der Waals surface area (Å²) in [4.78, 5) is 4.30. The summed E-state index contributed by atoms with van der Waals surface area (Å²) in [6.45, 7) is 0.890. The van der Waals surface area contributed by atoms with E-state index < -0.39 is 0 Å². The lowest BCUT2D eigenvalue weighted by atomic mass is 10.5. The second kappa shape index (κ2) is 6.07. The molecule has 0 aliphatic heterocycles. The van der Waals surface area contributed by atoms with Gasteiger partial charge in [-0.05, 0) is 40.5 Å². The molecule has 0 bridgehead atoms. The van der Waals surface area contributed by atoms with Crippen LogP contribution in [-0.4, -0.2) is 20.5 Å². The predicted octanol–water partition coefficient (Wildman–Crippen LogP) is 2.81. The molecule has 0 radical (unpaired) electrons. The summed E-state index contributed by atoms with van der Waals surface area (Å²) in [6, 6.07) is 5.83. The molecule has 2 aromatic heterocycles. The van der Waals surface area contributed by atoms with E-state index in [4.69, 9.17) is 5.73 Å². The summed E-state index contributed by atoms with van der Waals surface area (Å²) in [5.74, 6) is 1.60. The number of nitrogen functional groups attached to an aromatic ring is 1. The van der Waals surface area contributed by atoms with Crippen molar-refractivity contribution in [3.63, 3.8) is 0 Å². The molecule has 0 saturated heterocycles. The summed E-state index contributed by atoms with van der Waals surface area (Å²) in [7, 11) is 0. The first kappa shape index (κ1) is 12.4. The molecule has 2 aromatic rings. The molecule has 0 saturated carbocycles. The van der Waals surface area contributed by atoms with Gasteiger partial charge in [-0.1, -0.05) is 0 Å². The van der Waals surface area contributed by atoms with Crippen molar-refractivity contribution in [3.05, 3.63) is 35.1 Å². The van der Waals surface area contributed by atoms with Crippen molar-refractivity contribution >= 4 is 33.5 Å². The Balaban J connectivity index is 1.71. The monoisotopic (exact) mass is 312 g/mol. The van der Waals surface area contributed by atoms with Gasteiger partial charge >= 0.3 is 0 Å². The molecule has 2 N–H and O–H groups in total. The zero-order valence-corrected chi connectivity index (χ0v) is 11.6. The van der Waals surface area contributed by atoms with Crippen LogP contribution in [0.25, 0.3) is 0 Å². The van der Waals surface area contributed by atoms with E-state index in [-0.39, 0.29) is 0 Å². The van der Waals surface area contributed by atoms with Gasteiger partial charge in [-0.15, -0.1) is 11.8 Å². The van der Waals surface area contributed by atoms with Crippen LogP contribution in [0.5, 0.6) is 0 Å². The molecular formula is C11H13BrN4S. The lowest BCUT2D eigenvalue weighted by molar-refractivity contribution is 0.608.